The van der Waals surface area contributed by atoms with Crippen molar-refractivity contribution in [2.75, 3.05) is 5.32 Å². The third kappa shape index (κ3) is 3.15. The van der Waals surface area contributed by atoms with Crippen LogP contribution in [0.4, 0.5) is 10.1 Å². The van der Waals surface area contributed by atoms with Gasteiger partial charge in [-0.25, -0.2) is 4.39 Å². The standard InChI is InChI=1S/C14H12Cl2FN/c1-9-6-11(15)3-2-10(9)8-18-12-4-5-14(17)13(16)7-12/h2-7,18H,8H2,1H3. The lowest BCUT2D eigenvalue weighted by Crippen LogP contribution is -2.01. The summed E-state index contributed by atoms with van der Waals surface area (Å²) in [7, 11) is 0. The largest absolute Gasteiger partial charge is 0.381 e. The first-order valence-electron chi connectivity index (χ1n) is 5.50. The maximum absolute atomic E-state index is 13.0. The minimum absolute atomic E-state index is 0.118. The Kier molecular flexibility index (Phi) is 4.10. The van der Waals surface area contributed by atoms with Crippen molar-refractivity contribution >= 4 is 28.9 Å². The van der Waals surface area contributed by atoms with Gasteiger partial charge in [-0.15, -0.1) is 0 Å². The van der Waals surface area contributed by atoms with Gasteiger partial charge in [-0.3, -0.25) is 0 Å². The normalized spacial score (nSPS) is 10.4. The lowest BCUT2D eigenvalue weighted by atomic mass is 10.1. The Labute approximate surface area is 116 Å². The molecule has 0 atom stereocenters. The summed E-state index contributed by atoms with van der Waals surface area (Å²) in [6.45, 7) is 2.64. The molecule has 0 unspecified atom stereocenters. The van der Waals surface area contributed by atoms with Gasteiger partial charge in [0.05, 0.1) is 5.02 Å². The van der Waals surface area contributed by atoms with E-state index in [9.17, 15) is 4.39 Å². The van der Waals surface area contributed by atoms with E-state index in [1.165, 1.54) is 6.07 Å². The van der Waals surface area contributed by atoms with Gasteiger partial charge in [0.15, 0.2) is 0 Å². The minimum Gasteiger partial charge on any atom is -0.381 e. The van der Waals surface area contributed by atoms with Crippen molar-refractivity contribution in [1.29, 1.82) is 0 Å². The SMILES string of the molecule is Cc1cc(Cl)ccc1CNc1ccc(F)c(Cl)c1. The quantitative estimate of drug-likeness (QED) is 0.831. The number of benzene rings is 2. The molecule has 18 heavy (non-hydrogen) atoms. The van der Waals surface area contributed by atoms with Crippen molar-refractivity contribution in [1.82, 2.24) is 0 Å². The van der Waals surface area contributed by atoms with Gasteiger partial charge in [0, 0.05) is 17.3 Å². The number of hydrogen-bond donors (Lipinski definition) is 1. The summed E-state index contributed by atoms with van der Waals surface area (Å²) in [5, 5.41) is 4.04. The molecule has 0 saturated carbocycles. The Bertz CT molecular complexity index is 570. The van der Waals surface area contributed by atoms with E-state index in [2.05, 4.69) is 5.32 Å². The molecule has 0 aliphatic carbocycles. The van der Waals surface area contributed by atoms with E-state index in [0.717, 1.165) is 21.8 Å². The van der Waals surface area contributed by atoms with Gasteiger partial charge in [0.2, 0.25) is 0 Å². The number of hydrogen-bond acceptors (Lipinski definition) is 1. The highest BCUT2D eigenvalue weighted by molar-refractivity contribution is 6.31. The first-order valence-corrected chi connectivity index (χ1v) is 6.26. The first-order chi connectivity index (χ1) is 8.56. The molecule has 2 aromatic rings. The highest BCUT2D eigenvalue weighted by atomic mass is 35.5. The minimum atomic E-state index is -0.412. The lowest BCUT2D eigenvalue weighted by Gasteiger charge is -2.10. The van der Waals surface area contributed by atoms with E-state index >= 15 is 0 Å². The van der Waals surface area contributed by atoms with Crippen LogP contribution in [0.25, 0.3) is 0 Å². The third-order valence-corrected chi connectivity index (χ3v) is 3.23. The maximum Gasteiger partial charge on any atom is 0.141 e. The summed E-state index contributed by atoms with van der Waals surface area (Å²) in [6.07, 6.45) is 0. The highest BCUT2D eigenvalue weighted by Crippen LogP contribution is 2.21. The van der Waals surface area contributed by atoms with Crippen molar-refractivity contribution in [3.8, 4) is 0 Å². The summed E-state index contributed by atoms with van der Waals surface area (Å²) in [5.74, 6) is -0.412. The number of aryl methyl sites for hydroxylation is 1. The zero-order valence-corrected chi connectivity index (χ0v) is 11.3. The average molecular weight is 284 g/mol. The van der Waals surface area contributed by atoms with Crippen LogP contribution in [0.1, 0.15) is 11.1 Å². The zero-order chi connectivity index (χ0) is 13.1. The second-order valence-corrected chi connectivity index (χ2v) is 4.90. The second-order valence-electron chi connectivity index (χ2n) is 4.05. The predicted molar refractivity (Wildman–Crippen MR) is 74.9 cm³/mol. The van der Waals surface area contributed by atoms with Gasteiger partial charge >= 0.3 is 0 Å². The van der Waals surface area contributed by atoms with Gasteiger partial charge in [-0.1, -0.05) is 29.3 Å². The molecular formula is C14H12Cl2FN. The molecule has 0 heterocycles. The van der Waals surface area contributed by atoms with Crippen molar-refractivity contribution in [3.05, 3.63) is 63.4 Å². The second kappa shape index (κ2) is 5.59. The fourth-order valence-corrected chi connectivity index (χ4v) is 2.07. The van der Waals surface area contributed by atoms with Gasteiger partial charge in [0.1, 0.15) is 5.82 Å². The Morgan fingerprint density at radius 1 is 1.11 bits per heavy atom. The Balaban J connectivity index is 2.09. The average Bonchev–Trinajstić information content (AvgIpc) is 2.32. The highest BCUT2D eigenvalue weighted by Gasteiger charge is 2.02. The molecule has 0 fully saturated rings. The van der Waals surface area contributed by atoms with Crippen LogP contribution in [0.3, 0.4) is 0 Å². The van der Waals surface area contributed by atoms with E-state index in [0.29, 0.717) is 6.54 Å². The topological polar surface area (TPSA) is 12.0 Å². The van der Waals surface area contributed by atoms with Crippen LogP contribution in [0.15, 0.2) is 36.4 Å². The molecule has 1 nitrogen and oxygen atoms in total. The van der Waals surface area contributed by atoms with Gasteiger partial charge in [-0.2, -0.15) is 0 Å². The molecule has 94 valence electrons. The van der Waals surface area contributed by atoms with E-state index in [1.54, 1.807) is 12.1 Å². The molecule has 0 bridgehead atoms. The van der Waals surface area contributed by atoms with Crippen LogP contribution in [0.5, 0.6) is 0 Å². The summed E-state index contributed by atoms with van der Waals surface area (Å²) < 4.78 is 13.0. The van der Waals surface area contributed by atoms with Gasteiger partial charge in [-0.05, 0) is 48.4 Å². The molecular weight excluding hydrogens is 272 g/mol. The molecule has 2 aromatic carbocycles. The van der Waals surface area contributed by atoms with Crippen molar-refractivity contribution in [2.24, 2.45) is 0 Å². The lowest BCUT2D eigenvalue weighted by molar-refractivity contribution is 0.628. The number of rotatable bonds is 3. The van der Waals surface area contributed by atoms with Crippen molar-refractivity contribution < 1.29 is 4.39 Å². The number of anilines is 1. The third-order valence-electron chi connectivity index (χ3n) is 2.71. The Morgan fingerprint density at radius 2 is 1.89 bits per heavy atom. The molecule has 0 aliphatic heterocycles. The Morgan fingerprint density at radius 3 is 2.56 bits per heavy atom. The maximum atomic E-state index is 13.0. The monoisotopic (exact) mass is 283 g/mol. The number of halogens is 3. The molecule has 0 aromatic heterocycles. The van der Waals surface area contributed by atoms with Gasteiger partial charge < -0.3 is 5.32 Å². The van der Waals surface area contributed by atoms with E-state index in [-0.39, 0.29) is 5.02 Å². The molecule has 0 amide bonds. The number of nitrogens with one attached hydrogen (secondary N) is 1. The van der Waals surface area contributed by atoms with Crippen LogP contribution < -0.4 is 5.32 Å². The van der Waals surface area contributed by atoms with Crippen molar-refractivity contribution in [3.63, 3.8) is 0 Å². The molecule has 4 heteroatoms. The van der Waals surface area contributed by atoms with E-state index < -0.39 is 5.82 Å². The molecule has 0 saturated heterocycles. The summed E-state index contributed by atoms with van der Waals surface area (Å²) in [4.78, 5) is 0. The Hall–Kier alpha value is -1.25. The van der Waals surface area contributed by atoms with E-state index in [1.807, 2.05) is 25.1 Å². The smallest absolute Gasteiger partial charge is 0.141 e. The van der Waals surface area contributed by atoms with Crippen molar-refractivity contribution in [2.45, 2.75) is 13.5 Å². The zero-order valence-electron chi connectivity index (χ0n) is 9.81. The molecule has 0 aliphatic rings. The predicted octanol–water partition coefficient (Wildman–Crippen LogP) is 5.05. The molecule has 0 radical (unpaired) electrons. The molecule has 1 N–H and O–H groups in total. The van der Waals surface area contributed by atoms with Crippen LogP contribution in [0.2, 0.25) is 10.0 Å². The fourth-order valence-electron chi connectivity index (χ4n) is 1.66. The first kappa shape index (κ1) is 13.2. The van der Waals surface area contributed by atoms with Crippen LogP contribution in [-0.2, 0) is 6.54 Å². The van der Waals surface area contributed by atoms with E-state index in [4.69, 9.17) is 23.2 Å². The summed E-state index contributed by atoms with van der Waals surface area (Å²) in [6, 6.07) is 10.3. The van der Waals surface area contributed by atoms with Gasteiger partial charge in [0.25, 0.3) is 0 Å². The van der Waals surface area contributed by atoms with Crippen LogP contribution in [-0.4, -0.2) is 0 Å². The van der Waals surface area contributed by atoms with Crippen LogP contribution in [0, 0.1) is 12.7 Å². The fraction of sp³-hybridized carbons (Fsp3) is 0.143. The summed E-state index contributed by atoms with van der Waals surface area (Å²) in [5.41, 5.74) is 3.04. The van der Waals surface area contributed by atoms with Crippen LogP contribution >= 0.6 is 23.2 Å². The summed E-state index contributed by atoms with van der Waals surface area (Å²) >= 11 is 11.6. The molecule has 0 spiro atoms. The molecule has 2 rings (SSSR count).